The first-order chi connectivity index (χ1) is 4.17. The Labute approximate surface area is 54.7 Å². The zero-order valence-corrected chi connectivity index (χ0v) is 6.03. The Kier molecular flexibility index (Phi) is 1.74. The lowest BCUT2D eigenvalue weighted by molar-refractivity contribution is 0.490. The van der Waals surface area contributed by atoms with Gasteiger partial charge in [0.1, 0.15) is 5.25 Å². The predicted molar refractivity (Wildman–Crippen MR) is 34.6 cm³/mol. The van der Waals surface area contributed by atoms with E-state index in [1.165, 1.54) is 7.05 Å². The van der Waals surface area contributed by atoms with Crippen LogP contribution in [0.5, 0.6) is 0 Å². The molecule has 0 spiro atoms. The molecule has 4 nitrogen and oxygen atoms in total. The van der Waals surface area contributed by atoms with Gasteiger partial charge in [0, 0.05) is 13.1 Å². The van der Waals surface area contributed by atoms with E-state index in [-0.39, 0.29) is 5.25 Å². The van der Waals surface area contributed by atoms with Crippen LogP contribution in [0.25, 0.3) is 0 Å². The van der Waals surface area contributed by atoms with Crippen LogP contribution in [0.15, 0.2) is 0 Å². The molecule has 9 heavy (non-hydrogen) atoms. The molecule has 2 N–H and O–H groups in total. The zero-order valence-electron chi connectivity index (χ0n) is 5.22. The molecule has 0 aromatic carbocycles. The van der Waals surface area contributed by atoms with Crippen LogP contribution < -0.4 is 10.0 Å². The average molecular weight is 150 g/mol. The van der Waals surface area contributed by atoms with Crippen LogP contribution in [0.2, 0.25) is 0 Å². The van der Waals surface area contributed by atoms with Gasteiger partial charge in [-0.1, -0.05) is 0 Å². The molecule has 1 aliphatic rings. The topological polar surface area (TPSA) is 58.2 Å². The van der Waals surface area contributed by atoms with E-state index in [9.17, 15) is 8.42 Å². The molecule has 0 amide bonds. The first kappa shape index (κ1) is 6.98. The first-order valence-electron chi connectivity index (χ1n) is 2.80. The fraction of sp³-hybridized carbons (Fsp3) is 1.00. The number of sulfonamides is 1. The predicted octanol–water partition coefficient (Wildman–Crippen LogP) is -1.49. The summed E-state index contributed by atoms with van der Waals surface area (Å²) in [7, 11) is -1.54. The monoisotopic (exact) mass is 150 g/mol. The maximum absolute atomic E-state index is 10.8. The van der Waals surface area contributed by atoms with Gasteiger partial charge in [0.05, 0.1) is 0 Å². The molecule has 0 atom stereocenters. The molecular weight excluding hydrogens is 140 g/mol. The lowest BCUT2D eigenvalue weighted by Crippen LogP contribution is -2.54. The highest BCUT2D eigenvalue weighted by Crippen LogP contribution is 2.02. The standard InChI is InChI=1S/C4H10N2O2S/c1-5-9(7,8)4-2-6-3-4/h4-6H,2-3H2,1H3. The van der Waals surface area contributed by atoms with Gasteiger partial charge in [-0.05, 0) is 7.05 Å². The van der Waals surface area contributed by atoms with E-state index in [1.54, 1.807) is 0 Å². The van der Waals surface area contributed by atoms with Crippen molar-refractivity contribution < 1.29 is 8.42 Å². The molecule has 1 rings (SSSR count). The third-order valence-corrected chi connectivity index (χ3v) is 3.25. The second-order valence-corrected chi connectivity index (χ2v) is 4.19. The smallest absolute Gasteiger partial charge is 0.216 e. The summed E-state index contributed by atoms with van der Waals surface area (Å²) in [4.78, 5) is 0. The van der Waals surface area contributed by atoms with Gasteiger partial charge < -0.3 is 5.32 Å². The van der Waals surface area contributed by atoms with Crippen molar-refractivity contribution in [1.82, 2.24) is 10.0 Å². The van der Waals surface area contributed by atoms with Gasteiger partial charge in [-0.2, -0.15) is 0 Å². The van der Waals surface area contributed by atoms with Gasteiger partial charge in [0.2, 0.25) is 10.0 Å². The van der Waals surface area contributed by atoms with Crippen LogP contribution in [-0.4, -0.2) is 33.8 Å². The molecule has 0 aliphatic carbocycles. The molecule has 0 saturated carbocycles. The fourth-order valence-corrected chi connectivity index (χ4v) is 1.66. The normalized spacial score (nSPS) is 21.4. The van der Waals surface area contributed by atoms with E-state index in [4.69, 9.17) is 0 Å². The average Bonchev–Trinajstić information content (AvgIpc) is 1.60. The minimum atomic E-state index is -2.97. The molecule has 1 heterocycles. The lowest BCUT2D eigenvalue weighted by Gasteiger charge is -2.25. The maximum Gasteiger partial charge on any atom is 0.216 e. The molecule has 54 valence electrons. The van der Waals surface area contributed by atoms with E-state index in [1.807, 2.05) is 0 Å². The number of rotatable bonds is 2. The highest BCUT2D eigenvalue weighted by molar-refractivity contribution is 7.90. The molecule has 1 fully saturated rings. The van der Waals surface area contributed by atoms with Gasteiger partial charge >= 0.3 is 0 Å². The van der Waals surface area contributed by atoms with Crippen molar-refractivity contribution in [2.45, 2.75) is 5.25 Å². The molecule has 0 aromatic rings. The van der Waals surface area contributed by atoms with Gasteiger partial charge in [-0.3, -0.25) is 0 Å². The Hall–Kier alpha value is -0.130. The molecule has 0 unspecified atom stereocenters. The molecule has 0 aromatic heterocycles. The minimum Gasteiger partial charge on any atom is -0.314 e. The van der Waals surface area contributed by atoms with Crippen LogP contribution in [0.1, 0.15) is 0 Å². The quantitative estimate of drug-likeness (QED) is 0.504. The second kappa shape index (κ2) is 2.24. The maximum atomic E-state index is 10.8. The summed E-state index contributed by atoms with van der Waals surface area (Å²) < 4.78 is 23.9. The van der Waals surface area contributed by atoms with Gasteiger partial charge in [0.15, 0.2) is 0 Å². The Morgan fingerprint density at radius 1 is 1.56 bits per heavy atom. The summed E-state index contributed by atoms with van der Waals surface area (Å²) in [6.07, 6.45) is 0. The van der Waals surface area contributed by atoms with Crippen molar-refractivity contribution in [3.63, 3.8) is 0 Å². The van der Waals surface area contributed by atoms with E-state index in [0.717, 1.165) is 0 Å². The van der Waals surface area contributed by atoms with Crippen LogP contribution >= 0.6 is 0 Å². The number of nitrogens with one attached hydrogen (secondary N) is 2. The summed E-state index contributed by atoms with van der Waals surface area (Å²) in [5, 5.41) is 2.68. The van der Waals surface area contributed by atoms with Crippen molar-refractivity contribution in [3.8, 4) is 0 Å². The molecule has 0 radical (unpaired) electrons. The van der Waals surface area contributed by atoms with Crippen molar-refractivity contribution in [3.05, 3.63) is 0 Å². The summed E-state index contributed by atoms with van der Waals surface area (Å²) in [6, 6.07) is 0. The van der Waals surface area contributed by atoms with E-state index in [0.29, 0.717) is 13.1 Å². The van der Waals surface area contributed by atoms with Gasteiger partial charge in [-0.25, -0.2) is 13.1 Å². The van der Waals surface area contributed by atoms with Crippen LogP contribution in [0.4, 0.5) is 0 Å². The Morgan fingerprint density at radius 3 is 2.22 bits per heavy atom. The van der Waals surface area contributed by atoms with Crippen molar-refractivity contribution in [2.75, 3.05) is 20.1 Å². The molecular formula is C4H10N2O2S. The number of hydrogen-bond acceptors (Lipinski definition) is 3. The Bertz CT molecular complexity index is 183. The highest BCUT2D eigenvalue weighted by Gasteiger charge is 2.29. The molecule has 5 heteroatoms. The van der Waals surface area contributed by atoms with Crippen molar-refractivity contribution in [2.24, 2.45) is 0 Å². The van der Waals surface area contributed by atoms with Gasteiger partial charge in [-0.15, -0.1) is 0 Å². The summed E-state index contributed by atoms with van der Waals surface area (Å²) in [5.41, 5.74) is 0. The third kappa shape index (κ3) is 1.23. The van der Waals surface area contributed by atoms with Crippen LogP contribution in [0.3, 0.4) is 0 Å². The van der Waals surface area contributed by atoms with Crippen LogP contribution in [-0.2, 0) is 10.0 Å². The summed E-state index contributed by atoms with van der Waals surface area (Å²) in [5.74, 6) is 0. The van der Waals surface area contributed by atoms with E-state index in [2.05, 4.69) is 10.0 Å². The van der Waals surface area contributed by atoms with E-state index < -0.39 is 10.0 Å². The lowest BCUT2D eigenvalue weighted by atomic mass is 10.3. The number of hydrogen-bond donors (Lipinski definition) is 2. The van der Waals surface area contributed by atoms with E-state index >= 15 is 0 Å². The third-order valence-electron chi connectivity index (χ3n) is 1.47. The molecule has 1 saturated heterocycles. The Balaban J connectivity index is 2.59. The summed E-state index contributed by atoms with van der Waals surface area (Å²) in [6.45, 7) is 1.17. The molecule has 1 aliphatic heterocycles. The second-order valence-electron chi connectivity index (χ2n) is 2.03. The first-order valence-corrected chi connectivity index (χ1v) is 4.34. The fourth-order valence-electron chi connectivity index (χ4n) is 0.648. The molecule has 0 bridgehead atoms. The minimum absolute atomic E-state index is 0.206. The largest absolute Gasteiger partial charge is 0.314 e. The van der Waals surface area contributed by atoms with Crippen LogP contribution in [0, 0.1) is 0 Å². The highest BCUT2D eigenvalue weighted by atomic mass is 32.2. The van der Waals surface area contributed by atoms with Crippen molar-refractivity contribution >= 4 is 10.0 Å². The SMILES string of the molecule is CNS(=O)(=O)C1CNC1. The summed E-state index contributed by atoms with van der Waals surface area (Å²) >= 11 is 0. The Morgan fingerprint density at radius 2 is 2.11 bits per heavy atom. The zero-order chi connectivity index (χ0) is 6.91. The van der Waals surface area contributed by atoms with Gasteiger partial charge in [0.25, 0.3) is 0 Å². The van der Waals surface area contributed by atoms with Crippen molar-refractivity contribution in [1.29, 1.82) is 0 Å².